The Hall–Kier alpha value is -1.57. The second-order valence-electron chi connectivity index (χ2n) is 6.88. The van der Waals surface area contributed by atoms with Crippen LogP contribution in [0.25, 0.3) is 10.9 Å². The van der Waals surface area contributed by atoms with Gasteiger partial charge in [-0.05, 0) is 41.0 Å². The molecular weight excluding hydrogens is 232 g/mol. The van der Waals surface area contributed by atoms with E-state index in [0.29, 0.717) is 11.7 Å². The number of hydrogen-bond acceptors (Lipinski definition) is 2. The first-order chi connectivity index (χ1) is 8.76. The van der Waals surface area contributed by atoms with Gasteiger partial charge in [-0.25, -0.2) is 4.98 Å². The highest BCUT2D eigenvalue weighted by molar-refractivity contribution is 5.82. The summed E-state index contributed by atoms with van der Waals surface area (Å²) < 4.78 is 0. The quantitative estimate of drug-likeness (QED) is 0.857. The SMILES string of the molecule is CC(C)c1cc2ccc(CC(C)(C)C)cc2nc1N. The first-order valence-corrected chi connectivity index (χ1v) is 6.95. The van der Waals surface area contributed by atoms with Gasteiger partial charge in [-0.3, -0.25) is 0 Å². The summed E-state index contributed by atoms with van der Waals surface area (Å²) in [4.78, 5) is 4.57. The summed E-state index contributed by atoms with van der Waals surface area (Å²) >= 11 is 0. The van der Waals surface area contributed by atoms with Crippen molar-refractivity contribution in [2.45, 2.75) is 47.0 Å². The van der Waals surface area contributed by atoms with Crippen molar-refractivity contribution in [1.29, 1.82) is 0 Å². The minimum Gasteiger partial charge on any atom is -0.383 e. The summed E-state index contributed by atoms with van der Waals surface area (Å²) in [5.41, 5.74) is 9.80. The number of aromatic nitrogens is 1. The summed E-state index contributed by atoms with van der Waals surface area (Å²) in [6.45, 7) is 11.0. The van der Waals surface area contributed by atoms with Crippen LogP contribution in [0.15, 0.2) is 24.3 Å². The van der Waals surface area contributed by atoms with Crippen LogP contribution in [0.5, 0.6) is 0 Å². The first kappa shape index (κ1) is 13.9. The lowest BCUT2D eigenvalue weighted by Crippen LogP contribution is -2.09. The van der Waals surface area contributed by atoms with Crippen LogP contribution in [-0.4, -0.2) is 4.98 Å². The van der Waals surface area contributed by atoms with Crippen molar-refractivity contribution in [1.82, 2.24) is 4.98 Å². The fourth-order valence-electron chi connectivity index (χ4n) is 2.43. The Morgan fingerprint density at radius 1 is 1.16 bits per heavy atom. The van der Waals surface area contributed by atoms with Gasteiger partial charge < -0.3 is 5.73 Å². The van der Waals surface area contributed by atoms with Crippen LogP contribution in [0.1, 0.15) is 51.7 Å². The van der Waals surface area contributed by atoms with Crippen LogP contribution in [0.2, 0.25) is 0 Å². The molecule has 0 saturated carbocycles. The maximum absolute atomic E-state index is 6.05. The molecule has 0 saturated heterocycles. The Balaban J connectivity index is 2.47. The van der Waals surface area contributed by atoms with E-state index in [-0.39, 0.29) is 5.41 Å². The number of rotatable bonds is 2. The second kappa shape index (κ2) is 4.84. The third-order valence-corrected chi connectivity index (χ3v) is 3.30. The van der Waals surface area contributed by atoms with Crippen molar-refractivity contribution in [3.8, 4) is 0 Å². The number of fused-ring (bicyclic) bond motifs is 1. The lowest BCUT2D eigenvalue weighted by atomic mass is 9.88. The maximum atomic E-state index is 6.05. The van der Waals surface area contributed by atoms with Crippen LogP contribution in [-0.2, 0) is 6.42 Å². The average molecular weight is 256 g/mol. The highest BCUT2D eigenvalue weighted by atomic mass is 14.8. The molecule has 0 unspecified atom stereocenters. The zero-order valence-corrected chi connectivity index (χ0v) is 12.6. The molecule has 2 nitrogen and oxygen atoms in total. The molecule has 0 fully saturated rings. The molecule has 102 valence electrons. The van der Waals surface area contributed by atoms with E-state index >= 15 is 0 Å². The molecule has 0 aliphatic heterocycles. The van der Waals surface area contributed by atoms with Crippen LogP contribution in [0.3, 0.4) is 0 Å². The lowest BCUT2D eigenvalue weighted by Gasteiger charge is -2.18. The largest absolute Gasteiger partial charge is 0.383 e. The molecule has 2 N–H and O–H groups in total. The standard InChI is InChI=1S/C17H24N2/c1-11(2)14-9-13-7-6-12(10-17(3,4)5)8-15(13)19-16(14)18/h6-9,11H,10H2,1-5H3,(H2,18,19). The van der Waals surface area contributed by atoms with E-state index in [1.54, 1.807) is 0 Å². The molecule has 0 radical (unpaired) electrons. The Labute approximate surface area is 116 Å². The van der Waals surface area contributed by atoms with Crippen LogP contribution >= 0.6 is 0 Å². The van der Waals surface area contributed by atoms with Gasteiger partial charge in [0.15, 0.2) is 0 Å². The van der Waals surface area contributed by atoms with E-state index in [1.165, 1.54) is 10.9 Å². The number of nitrogen functional groups attached to an aromatic ring is 1. The molecule has 0 bridgehead atoms. The molecule has 0 amide bonds. The van der Waals surface area contributed by atoms with Crippen LogP contribution < -0.4 is 5.73 Å². The zero-order chi connectivity index (χ0) is 14.2. The van der Waals surface area contributed by atoms with Gasteiger partial charge in [0.1, 0.15) is 5.82 Å². The van der Waals surface area contributed by atoms with Gasteiger partial charge in [0.2, 0.25) is 0 Å². The van der Waals surface area contributed by atoms with Gasteiger partial charge in [0, 0.05) is 5.39 Å². The topological polar surface area (TPSA) is 38.9 Å². The number of hydrogen-bond donors (Lipinski definition) is 1. The minimum atomic E-state index is 0.289. The van der Waals surface area contributed by atoms with E-state index in [1.807, 2.05) is 0 Å². The summed E-state index contributed by atoms with van der Waals surface area (Å²) in [7, 11) is 0. The first-order valence-electron chi connectivity index (χ1n) is 6.95. The van der Waals surface area contributed by atoms with E-state index in [9.17, 15) is 0 Å². The van der Waals surface area contributed by atoms with Gasteiger partial charge in [0.25, 0.3) is 0 Å². The molecule has 2 rings (SSSR count). The van der Waals surface area contributed by atoms with Crippen molar-refractivity contribution in [2.24, 2.45) is 5.41 Å². The van der Waals surface area contributed by atoms with Crippen molar-refractivity contribution in [3.05, 3.63) is 35.4 Å². The normalized spacial score (nSPS) is 12.3. The molecule has 19 heavy (non-hydrogen) atoms. The van der Waals surface area contributed by atoms with Crippen molar-refractivity contribution in [2.75, 3.05) is 5.73 Å². The summed E-state index contributed by atoms with van der Waals surface area (Å²) in [6.07, 6.45) is 1.05. The molecule has 0 aliphatic carbocycles. The van der Waals surface area contributed by atoms with Gasteiger partial charge in [-0.1, -0.05) is 46.8 Å². The minimum absolute atomic E-state index is 0.289. The van der Waals surface area contributed by atoms with Crippen molar-refractivity contribution < 1.29 is 0 Å². The van der Waals surface area contributed by atoms with E-state index in [4.69, 9.17) is 5.73 Å². The number of nitrogens with zero attached hydrogens (tertiary/aromatic N) is 1. The molecule has 0 spiro atoms. The van der Waals surface area contributed by atoms with Crippen LogP contribution in [0, 0.1) is 5.41 Å². The zero-order valence-electron chi connectivity index (χ0n) is 12.6. The number of anilines is 1. The van der Waals surface area contributed by atoms with Gasteiger partial charge in [0.05, 0.1) is 5.52 Å². The van der Waals surface area contributed by atoms with Crippen LogP contribution in [0.4, 0.5) is 5.82 Å². The number of nitrogens with two attached hydrogens (primary N) is 1. The molecule has 0 atom stereocenters. The predicted octanol–water partition coefficient (Wildman–Crippen LogP) is 4.53. The third-order valence-electron chi connectivity index (χ3n) is 3.30. The predicted molar refractivity (Wildman–Crippen MR) is 83.4 cm³/mol. The Kier molecular flexibility index (Phi) is 3.53. The summed E-state index contributed by atoms with van der Waals surface area (Å²) in [5, 5.41) is 1.18. The van der Waals surface area contributed by atoms with Gasteiger partial charge in [-0.15, -0.1) is 0 Å². The smallest absolute Gasteiger partial charge is 0.127 e. The highest BCUT2D eigenvalue weighted by Gasteiger charge is 2.13. The van der Waals surface area contributed by atoms with Crippen molar-refractivity contribution in [3.63, 3.8) is 0 Å². The van der Waals surface area contributed by atoms with E-state index in [0.717, 1.165) is 17.5 Å². The molecule has 2 aromatic rings. The lowest BCUT2D eigenvalue weighted by molar-refractivity contribution is 0.411. The third kappa shape index (κ3) is 3.25. The molecule has 1 heterocycles. The van der Waals surface area contributed by atoms with E-state index < -0.39 is 0 Å². The highest BCUT2D eigenvalue weighted by Crippen LogP contribution is 2.27. The fourth-order valence-corrected chi connectivity index (χ4v) is 2.43. The monoisotopic (exact) mass is 256 g/mol. The number of pyridine rings is 1. The Morgan fingerprint density at radius 3 is 2.42 bits per heavy atom. The van der Waals surface area contributed by atoms with Gasteiger partial charge in [-0.2, -0.15) is 0 Å². The molecule has 1 aromatic carbocycles. The molecule has 1 aromatic heterocycles. The molecule has 2 heteroatoms. The molecular formula is C17H24N2. The second-order valence-corrected chi connectivity index (χ2v) is 6.88. The van der Waals surface area contributed by atoms with E-state index in [2.05, 4.69) is 63.9 Å². The van der Waals surface area contributed by atoms with Gasteiger partial charge >= 0.3 is 0 Å². The number of benzene rings is 1. The summed E-state index contributed by atoms with van der Waals surface area (Å²) in [5.74, 6) is 1.07. The Bertz CT molecular complexity index is 592. The average Bonchev–Trinajstić information content (AvgIpc) is 2.25. The maximum Gasteiger partial charge on any atom is 0.127 e. The molecule has 0 aliphatic rings. The Morgan fingerprint density at radius 2 is 1.84 bits per heavy atom. The fraction of sp³-hybridized carbons (Fsp3) is 0.471. The summed E-state index contributed by atoms with van der Waals surface area (Å²) in [6, 6.07) is 8.70. The van der Waals surface area contributed by atoms with Crippen molar-refractivity contribution >= 4 is 16.7 Å².